The van der Waals surface area contributed by atoms with E-state index in [1.807, 2.05) is 0 Å². The summed E-state index contributed by atoms with van der Waals surface area (Å²) in [7, 11) is 0. The second-order valence-electron chi connectivity index (χ2n) is 6.20. The van der Waals surface area contributed by atoms with Gasteiger partial charge in [-0.1, -0.05) is 12.1 Å². The maximum absolute atomic E-state index is 13.6. The molecule has 4 aromatic rings. The smallest absolute Gasteiger partial charge is 0.254 e. The Balaban J connectivity index is 1.41. The van der Waals surface area contributed by atoms with Crippen molar-refractivity contribution < 1.29 is 22.7 Å². The van der Waals surface area contributed by atoms with Crippen molar-refractivity contribution in [3.8, 4) is 17.3 Å². The third kappa shape index (κ3) is 4.07. The zero-order chi connectivity index (χ0) is 21.1. The fraction of sp³-hybridized carbons (Fsp3) is 0.100. The summed E-state index contributed by atoms with van der Waals surface area (Å²) >= 11 is 0. The van der Waals surface area contributed by atoms with Crippen LogP contribution in [0.15, 0.2) is 54.6 Å². The second-order valence-corrected chi connectivity index (χ2v) is 6.20. The maximum atomic E-state index is 13.6. The lowest BCUT2D eigenvalue weighted by Crippen LogP contribution is -2.29. The van der Waals surface area contributed by atoms with Crippen molar-refractivity contribution in [1.82, 2.24) is 25.1 Å². The highest BCUT2D eigenvalue weighted by Crippen LogP contribution is 2.19. The first kappa shape index (κ1) is 19.4. The van der Waals surface area contributed by atoms with E-state index in [1.165, 1.54) is 16.6 Å². The number of hydrogen-bond donors (Lipinski definition) is 1. The van der Waals surface area contributed by atoms with Gasteiger partial charge in [0.25, 0.3) is 5.91 Å². The largest absolute Gasteiger partial charge is 0.475 e. The lowest BCUT2D eigenvalue weighted by Gasteiger charge is -2.08. The lowest BCUT2D eigenvalue weighted by atomic mass is 10.2. The quantitative estimate of drug-likeness (QED) is 0.492. The molecule has 0 unspecified atom stereocenters. The van der Waals surface area contributed by atoms with Crippen LogP contribution in [0.25, 0.3) is 17.0 Å². The van der Waals surface area contributed by atoms with E-state index in [0.29, 0.717) is 23.1 Å². The van der Waals surface area contributed by atoms with E-state index in [2.05, 4.69) is 20.6 Å². The molecule has 0 spiro atoms. The van der Waals surface area contributed by atoms with Crippen LogP contribution in [0.5, 0.6) is 5.88 Å². The van der Waals surface area contributed by atoms with E-state index >= 15 is 0 Å². The van der Waals surface area contributed by atoms with Gasteiger partial charge in [0.1, 0.15) is 24.1 Å². The fourth-order valence-corrected chi connectivity index (χ4v) is 2.75. The van der Waals surface area contributed by atoms with Crippen LogP contribution in [-0.2, 0) is 0 Å². The number of amides is 1. The molecule has 0 radical (unpaired) electrons. The van der Waals surface area contributed by atoms with Crippen LogP contribution in [0.3, 0.4) is 0 Å². The summed E-state index contributed by atoms with van der Waals surface area (Å²) in [4.78, 5) is 12.0. The van der Waals surface area contributed by atoms with E-state index < -0.39 is 23.4 Å². The van der Waals surface area contributed by atoms with Crippen LogP contribution >= 0.6 is 0 Å². The predicted octanol–water partition coefficient (Wildman–Crippen LogP) is 3.02. The first-order valence-electron chi connectivity index (χ1n) is 8.86. The number of hydrogen-bond acceptors (Lipinski definition) is 5. The van der Waals surface area contributed by atoms with Gasteiger partial charge in [0.05, 0.1) is 12.1 Å². The molecule has 152 valence electrons. The van der Waals surface area contributed by atoms with Crippen molar-refractivity contribution in [2.24, 2.45) is 0 Å². The minimum Gasteiger partial charge on any atom is -0.475 e. The Morgan fingerprint density at radius 1 is 1.00 bits per heavy atom. The molecule has 0 aliphatic carbocycles. The molecular formula is C20H14F3N5O2. The van der Waals surface area contributed by atoms with Gasteiger partial charge in [-0.3, -0.25) is 4.79 Å². The minimum absolute atomic E-state index is 0.0461. The van der Waals surface area contributed by atoms with Crippen molar-refractivity contribution in [3.63, 3.8) is 0 Å². The van der Waals surface area contributed by atoms with Gasteiger partial charge in [0.2, 0.25) is 5.88 Å². The van der Waals surface area contributed by atoms with Gasteiger partial charge >= 0.3 is 0 Å². The molecule has 0 saturated carbocycles. The summed E-state index contributed by atoms with van der Waals surface area (Å²) in [5.41, 5.74) is 0.683. The molecule has 10 heteroatoms. The van der Waals surface area contributed by atoms with Crippen molar-refractivity contribution in [1.29, 1.82) is 0 Å². The Kier molecular flexibility index (Phi) is 5.29. The SMILES string of the molecule is O=C(NCCOc1ccc2nnc(-c3cccc(F)c3)n2n1)c1ccc(F)cc1F. The van der Waals surface area contributed by atoms with Gasteiger partial charge in [-0.2, -0.15) is 4.52 Å². The summed E-state index contributed by atoms with van der Waals surface area (Å²) in [6.07, 6.45) is 0. The van der Waals surface area contributed by atoms with Crippen LogP contribution in [0.2, 0.25) is 0 Å². The van der Waals surface area contributed by atoms with Gasteiger partial charge in [0.15, 0.2) is 11.5 Å². The molecule has 1 amide bonds. The van der Waals surface area contributed by atoms with Crippen LogP contribution in [0, 0.1) is 17.5 Å². The molecule has 7 nitrogen and oxygen atoms in total. The Morgan fingerprint density at radius 2 is 1.83 bits per heavy atom. The van der Waals surface area contributed by atoms with Gasteiger partial charge < -0.3 is 10.1 Å². The summed E-state index contributed by atoms with van der Waals surface area (Å²) in [5, 5.41) is 14.8. The highest BCUT2D eigenvalue weighted by atomic mass is 19.1. The Bertz CT molecular complexity index is 1230. The number of benzene rings is 2. The molecular weight excluding hydrogens is 399 g/mol. The number of aromatic nitrogens is 4. The highest BCUT2D eigenvalue weighted by Gasteiger charge is 2.13. The van der Waals surface area contributed by atoms with E-state index in [0.717, 1.165) is 12.1 Å². The monoisotopic (exact) mass is 413 g/mol. The maximum Gasteiger partial charge on any atom is 0.254 e. The Hall–Kier alpha value is -3.95. The zero-order valence-corrected chi connectivity index (χ0v) is 15.3. The summed E-state index contributed by atoms with van der Waals surface area (Å²) in [5.74, 6) is -2.24. The minimum atomic E-state index is -0.946. The molecule has 0 aliphatic rings. The fourth-order valence-electron chi connectivity index (χ4n) is 2.75. The average Bonchev–Trinajstić information content (AvgIpc) is 3.14. The summed E-state index contributed by atoms with van der Waals surface area (Å²) in [6.45, 7) is 0.110. The number of carbonyl (C=O) groups excluding carboxylic acids is 1. The van der Waals surface area contributed by atoms with Gasteiger partial charge in [-0.25, -0.2) is 13.2 Å². The number of rotatable bonds is 6. The third-order valence-electron chi connectivity index (χ3n) is 4.13. The van der Waals surface area contributed by atoms with Gasteiger partial charge in [0, 0.05) is 17.7 Å². The molecule has 2 aromatic heterocycles. The molecule has 0 saturated heterocycles. The topological polar surface area (TPSA) is 81.4 Å². The van der Waals surface area contributed by atoms with Crippen molar-refractivity contribution >= 4 is 11.6 Å². The first-order chi connectivity index (χ1) is 14.5. The molecule has 0 fully saturated rings. The van der Waals surface area contributed by atoms with Crippen LogP contribution in [0.4, 0.5) is 13.2 Å². The van der Waals surface area contributed by atoms with Gasteiger partial charge in [-0.15, -0.1) is 15.3 Å². The number of ether oxygens (including phenoxy) is 1. The van der Waals surface area contributed by atoms with Crippen molar-refractivity contribution in [2.45, 2.75) is 0 Å². The zero-order valence-electron chi connectivity index (χ0n) is 15.3. The van der Waals surface area contributed by atoms with E-state index in [1.54, 1.807) is 24.3 Å². The second kappa shape index (κ2) is 8.19. The Morgan fingerprint density at radius 3 is 2.63 bits per heavy atom. The first-order valence-corrected chi connectivity index (χ1v) is 8.86. The molecule has 0 atom stereocenters. The standard InChI is InChI=1S/C20H14F3N5O2/c21-13-3-1-2-12(10-13)19-26-25-17-6-7-18(27-28(17)19)30-9-8-24-20(29)15-5-4-14(22)11-16(15)23/h1-7,10-11H,8-9H2,(H,24,29). The number of carbonyl (C=O) groups is 1. The molecule has 30 heavy (non-hydrogen) atoms. The number of halogens is 3. The molecule has 0 aliphatic heterocycles. The van der Waals surface area contributed by atoms with E-state index in [-0.39, 0.29) is 24.6 Å². The number of fused-ring (bicyclic) bond motifs is 1. The van der Waals surface area contributed by atoms with Gasteiger partial charge in [-0.05, 0) is 30.3 Å². The molecule has 2 heterocycles. The Labute approximate surface area is 168 Å². The average molecular weight is 413 g/mol. The predicted molar refractivity (Wildman–Crippen MR) is 100 cm³/mol. The van der Waals surface area contributed by atoms with E-state index in [4.69, 9.17) is 4.74 Å². The summed E-state index contributed by atoms with van der Waals surface area (Å²) in [6, 6.07) is 11.8. The third-order valence-corrected chi connectivity index (χ3v) is 4.13. The van der Waals surface area contributed by atoms with Crippen molar-refractivity contribution in [2.75, 3.05) is 13.2 Å². The van der Waals surface area contributed by atoms with Crippen LogP contribution < -0.4 is 10.1 Å². The van der Waals surface area contributed by atoms with Crippen LogP contribution in [0.1, 0.15) is 10.4 Å². The van der Waals surface area contributed by atoms with Crippen molar-refractivity contribution in [3.05, 3.63) is 77.6 Å². The van der Waals surface area contributed by atoms with E-state index in [9.17, 15) is 18.0 Å². The normalized spacial score (nSPS) is 10.9. The number of nitrogens with zero attached hydrogens (tertiary/aromatic N) is 4. The number of nitrogens with one attached hydrogen (secondary N) is 1. The molecule has 0 bridgehead atoms. The highest BCUT2D eigenvalue weighted by molar-refractivity contribution is 5.94. The molecule has 2 aromatic carbocycles. The molecule has 1 N–H and O–H groups in total. The summed E-state index contributed by atoms with van der Waals surface area (Å²) < 4.78 is 47.0. The lowest BCUT2D eigenvalue weighted by molar-refractivity contribution is 0.0942. The molecule has 4 rings (SSSR count). The van der Waals surface area contributed by atoms with Crippen LogP contribution in [-0.4, -0.2) is 38.9 Å².